The van der Waals surface area contributed by atoms with Crippen LogP contribution in [-0.2, 0) is 9.53 Å². The molecule has 4 rings (SSSR count). The maximum Gasteiger partial charge on any atom is 0.343 e. The Morgan fingerprint density at radius 1 is 0.970 bits per heavy atom. The number of rotatable bonds is 7. The van der Waals surface area contributed by atoms with Gasteiger partial charge in [0.15, 0.2) is 6.61 Å². The zero-order chi connectivity index (χ0) is 23.0. The lowest BCUT2D eigenvalue weighted by Gasteiger charge is -2.09. The summed E-state index contributed by atoms with van der Waals surface area (Å²) in [5, 5.41) is 4.83. The number of hydrogen-bond donors (Lipinski definition) is 1. The second-order valence-electron chi connectivity index (χ2n) is 7.07. The van der Waals surface area contributed by atoms with Crippen molar-refractivity contribution in [3.63, 3.8) is 0 Å². The summed E-state index contributed by atoms with van der Waals surface area (Å²) in [6.45, 7) is -0.162. The lowest BCUT2D eigenvalue weighted by atomic mass is 10.0. The zero-order valence-electron chi connectivity index (χ0n) is 17.9. The van der Waals surface area contributed by atoms with Crippen LogP contribution in [0.15, 0.2) is 90.0 Å². The summed E-state index contributed by atoms with van der Waals surface area (Å²) in [5.74, 6) is -0.263. The van der Waals surface area contributed by atoms with E-state index in [0.29, 0.717) is 17.0 Å². The number of amides is 1. The van der Waals surface area contributed by atoms with Crippen molar-refractivity contribution in [3.8, 4) is 17.0 Å². The molecule has 0 radical (unpaired) electrons. The molecular weight excluding hydrogens is 418 g/mol. The zero-order valence-corrected chi connectivity index (χ0v) is 17.9. The van der Waals surface area contributed by atoms with E-state index in [-0.39, 0.29) is 12.5 Å². The number of para-hydroxylation sites is 1. The van der Waals surface area contributed by atoms with E-state index in [9.17, 15) is 9.59 Å². The van der Waals surface area contributed by atoms with Crippen molar-refractivity contribution in [2.75, 3.05) is 13.7 Å². The second kappa shape index (κ2) is 10.2. The molecule has 0 saturated carbocycles. The molecule has 7 nitrogen and oxygen atoms in total. The molecule has 0 unspecified atom stereocenters. The van der Waals surface area contributed by atoms with E-state index in [4.69, 9.17) is 9.72 Å². The van der Waals surface area contributed by atoms with E-state index in [1.807, 2.05) is 54.6 Å². The number of fused-ring (bicyclic) bond motifs is 1. The highest BCUT2D eigenvalue weighted by Crippen LogP contribution is 2.24. The van der Waals surface area contributed by atoms with Gasteiger partial charge in [0.1, 0.15) is 5.75 Å². The highest BCUT2D eigenvalue weighted by atomic mass is 16.6. The van der Waals surface area contributed by atoms with Crippen LogP contribution >= 0.6 is 0 Å². The van der Waals surface area contributed by atoms with Gasteiger partial charge in [-0.25, -0.2) is 15.2 Å². The highest BCUT2D eigenvalue weighted by Gasteiger charge is 2.13. The van der Waals surface area contributed by atoms with Crippen LogP contribution in [-0.4, -0.2) is 36.8 Å². The molecule has 1 aromatic heterocycles. The molecule has 0 fully saturated rings. The number of methoxy groups -OCH3 is 1. The number of nitrogens with zero attached hydrogens (tertiary/aromatic N) is 2. The molecule has 0 spiro atoms. The molecule has 1 heterocycles. The van der Waals surface area contributed by atoms with Gasteiger partial charge in [0.2, 0.25) is 0 Å². The van der Waals surface area contributed by atoms with Crippen molar-refractivity contribution in [2.45, 2.75) is 0 Å². The molecule has 0 aliphatic rings. The predicted octanol–water partition coefficient (Wildman–Crippen LogP) is 4.22. The van der Waals surface area contributed by atoms with E-state index in [1.165, 1.54) is 13.3 Å². The van der Waals surface area contributed by atoms with Crippen LogP contribution in [0, 0.1) is 0 Å². The Bertz CT molecular complexity index is 1300. The van der Waals surface area contributed by atoms with E-state index in [0.717, 1.165) is 22.0 Å². The van der Waals surface area contributed by atoms with Crippen LogP contribution in [0.3, 0.4) is 0 Å². The van der Waals surface area contributed by atoms with E-state index in [2.05, 4.69) is 15.3 Å². The third-order valence-corrected chi connectivity index (χ3v) is 4.87. The Labute approximate surface area is 190 Å². The van der Waals surface area contributed by atoms with Crippen LogP contribution in [0.2, 0.25) is 0 Å². The van der Waals surface area contributed by atoms with Gasteiger partial charge < -0.3 is 9.47 Å². The molecular formula is C26H21N3O4. The second-order valence-corrected chi connectivity index (χ2v) is 7.07. The van der Waals surface area contributed by atoms with Gasteiger partial charge in [0.25, 0.3) is 5.91 Å². The Balaban J connectivity index is 1.50. The fourth-order valence-corrected chi connectivity index (χ4v) is 3.20. The van der Waals surface area contributed by atoms with Gasteiger partial charge in [-0.05, 0) is 42.0 Å². The highest BCUT2D eigenvalue weighted by molar-refractivity contribution is 6.07. The van der Waals surface area contributed by atoms with E-state index in [1.54, 1.807) is 30.3 Å². The average Bonchev–Trinajstić information content (AvgIpc) is 2.87. The lowest BCUT2D eigenvalue weighted by molar-refractivity contribution is -0.142. The van der Waals surface area contributed by atoms with E-state index < -0.39 is 5.97 Å². The third kappa shape index (κ3) is 5.40. The molecule has 7 heteroatoms. The molecule has 33 heavy (non-hydrogen) atoms. The summed E-state index contributed by atoms with van der Waals surface area (Å²) < 4.78 is 9.85. The maximum atomic E-state index is 12.9. The first kappa shape index (κ1) is 21.7. The number of benzene rings is 3. The fraction of sp³-hybridized carbons (Fsp3) is 0.0769. The Morgan fingerprint density at radius 2 is 1.70 bits per heavy atom. The van der Waals surface area contributed by atoms with Crippen LogP contribution in [0.4, 0.5) is 0 Å². The van der Waals surface area contributed by atoms with Crippen molar-refractivity contribution in [1.29, 1.82) is 0 Å². The average molecular weight is 439 g/mol. The number of esters is 1. The molecule has 0 atom stereocenters. The fourth-order valence-electron chi connectivity index (χ4n) is 3.20. The van der Waals surface area contributed by atoms with Gasteiger partial charge in [-0.3, -0.25) is 4.79 Å². The summed E-state index contributed by atoms with van der Waals surface area (Å²) in [5.41, 5.74) is 6.21. The summed E-state index contributed by atoms with van der Waals surface area (Å²) in [6.07, 6.45) is 1.53. The first-order valence-electron chi connectivity index (χ1n) is 10.2. The van der Waals surface area contributed by atoms with E-state index >= 15 is 0 Å². The molecule has 0 bridgehead atoms. The minimum Gasteiger partial charge on any atom is -0.482 e. The Kier molecular flexibility index (Phi) is 6.70. The molecule has 1 amide bonds. The summed E-state index contributed by atoms with van der Waals surface area (Å²) in [6, 6.07) is 25.9. The number of nitrogens with one attached hydrogen (secondary N) is 1. The molecule has 0 saturated heterocycles. The number of carbonyl (C=O) groups excluding carboxylic acids is 2. The smallest absolute Gasteiger partial charge is 0.343 e. The number of carbonyl (C=O) groups is 2. The topological polar surface area (TPSA) is 89.9 Å². The minimum atomic E-state index is -0.456. The first-order valence-corrected chi connectivity index (χ1v) is 10.2. The molecule has 1 N–H and O–H groups in total. The largest absolute Gasteiger partial charge is 0.482 e. The Hall–Kier alpha value is -4.52. The number of hydrazone groups is 1. The number of ether oxygens (including phenoxy) is 2. The van der Waals surface area contributed by atoms with Gasteiger partial charge in [0.05, 0.1) is 30.1 Å². The molecule has 4 aromatic rings. The molecule has 0 aliphatic carbocycles. The van der Waals surface area contributed by atoms with Gasteiger partial charge in [-0.1, -0.05) is 48.5 Å². The molecule has 3 aromatic carbocycles. The molecule has 0 aliphatic heterocycles. The predicted molar refractivity (Wildman–Crippen MR) is 126 cm³/mol. The van der Waals surface area contributed by atoms with Crippen LogP contribution < -0.4 is 10.2 Å². The first-order chi connectivity index (χ1) is 16.1. The van der Waals surface area contributed by atoms with Crippen LogP contribution in [0.25, 0.3) is 22.2 Å². The normalized spacial score (nSPS) is 10.8. The summed E-state index contributed by atoms with van der Waals surface area (Å²) in [7, 11) is 1.30. The molecule has 164 valence electrons. The number of hydrogen-bond acceptors (Lipinski definition) is 6. The van der Waals surface area contributed by atoms with Gasteiger partial charge in [0, 0.05) is 10.9 Å². The Morgan fingerprint density at radius 3 is 2.45 bits per heavy atom. The van der Waals surface area contributed by atoms with Crippen molar-refractivity contribution in [3.05, 3.63) is 96.1 Å². The summed E-state index contributed by atoms with van der Waals surface area (Å²) in [4.78, 5) is 28.8. The van der Waals surface area contributed by atoms with Crippen LogP contribution in [0.5, 0.6) is 5.75 Å². The van der Waals surface area contributed by atoms with Crippen molar-refractivity contribution >= 4 is 29.0 Å². The monoisotopic (exact) mass is 439 g/mol. The lowest BCUT2D eigenvalue weighted by Crippen LogP contribution is -2.18. The SMILES string of the molecule is COC(=O)COc1ccc(/C=N/NC(=O)c2cc(-c3ccccc3)nc3ccccc23)cc1. The van der Waals surface area contributed by atoms with Crippen molar-refractivity contribution < 1.29 is 19.1 Å². The summed E-state index contributed by atoms with van der Waals surface area (Å²) >= 11 is 0. The quantitative estimate of drug-likeness (QED) is 0.265. The standard InChI is InChI=1S/C26H21N3O4/c1-32-25(30)17-33-20-13-11-18(12-14-20)16-27-29-26(31)22-15-24(19-7-3-2-4-8-19)28-23-10-6-5-9-21(22)23/h2-16H,17H2,1H3,(H,29,31)/b27-16+. The number of aromatic nitrogens is 1. The van der Waals surface area contributed by atoms with Crippen molar-refractivity contribution in [2.24, 2.45) is 5.10 Å². The van der Waals surface area contributed by atoms with Gasteiger partial charge >= 0.3 is 5.97 Å². The van der Waals surface area contributed by atoms with Gasteiger partial charge in [-0.15, -0.1) is 0 Å². The minimum absolute atomic E-state index is 0.162. The van der Waals surface area contributed by atoms with Gasteiger partial charge in [-0.2, -0.15) is 5.10 Å². The number of pyridine rings is 1. The van der Waals surface area contributed by atoms with Crippen molar-refractivity contribution in [1.82, 2.24) is 10.4 Å². The maximum absolute atomic E-state index is 12.9. The van der Waals surface area contributed by atoms with Crippen LogP contribution in [0.1, 0.15) is 15.9 Å². The third-order valence-electron chi connectivity index (χ3n) is 4.87.